The summed E-state index contributed by atoms with van der Waals surface area (Å²) in [5.41, 5.74) is 2.31. The van der Waals surface area contributed by atoms with Crippen LogP contribution in [0.5, 0.6) is 0 Å². The Kier molecular flexibility index (Phi) is 6.89. The van der Waals surface area contributed by atoms with Crippen molar-refractivity contribution in [3.05, 3.63) is 35.4 Å². The van der Waals surface area contributed by atoms with E-state index in [1.165, 1.54) is 5.56 Å². The number of benzene rings is 1. The van der Waals surface area contributed by atoms with Crippen LogP contribution in [-0.4, -0.2) is 28.7 Å². The topological polar surface area (TPSA) is 57.5 Å². The fraction of sp³-hybridized carbons (Fsp3) is 0.588. The zero-order chi connectivity index (χ0) is 15.1. The van der Waals surface area contributed by atoms with E-state index < -0.39 is 6.10 Å². The molecule has 0 amide bonds. The van der Waals surface area contributed by atoms with E-state index in [0.29, 0.717) is 18.8 Å². The molecular formula is C17H26O3. The molecule has 1 rings (SSSR count). The van der Waals surface area contributed by atoms with Crippen LogP contribution in [0, 0.1) is 5.92 Å². The third-order valence-electron chi connectivity index (χ3n) is 3.54. The molecule has 0 saturated heterocycles. The Balaban J connectivity index is 2.58. The molecule has 0 aliphatic carbocycles. The second-order valence-corrected chi connectivity index (χ2v) is 5.90. The van der Waals surface area contributed by atoms with Crippen molar-refractivity contribution in [2.24, 2.45) is 5.92 Å². The van der Waals surface area contributed by atoms with Gasteiger partial charge in [0.25, 0.3) is 0 Å². The number of rotatable bonds is 8. The molecule has 112 valence electrons. The molecule has 0 saturated carbocycles. The summed E-state index contributed by atoms with van der Waals surface area (Å²) in [6.07, 6.45) is 0.882. The standard InChI is InChI=1S/C17H26O3/c1-12(2)10-14-4-6-15(7-5-14)13(3)17(20)9-8-16(19)11-18/h4-7,12-13,16,18-19H,8-11H2,1-3H3. The maximum atomic E-state index is 12.0. The van der Waals surface area contributed by atoms with E-state index in [1.54, 1.807) is 0 Å². The maximum Gasteiger partial charge on any atom is 0.140 e. The summed E-state index contributed by atoms with van der Waals surface area (Å²) in [5.74, 6) is 0.572. The first-order valence-corrected chi connectivity index (χ1v) is 7.34. The number of hydrogen-bond acceptors (Lipinski definition) is 3. The van der Waals surface area contributed by atoms with Gasteiger partial charge >= 0.3 is 0 Å². The second-order valence-electron chi connectivity index (χ2n) is 5.90. The van der Waals surface area contributed by atoms with Crippen LogP contribution in [0.3, 0.4) is 0 Å². The first-order chi connectivity index (χ1) is 9.43. The summed E-state index contributed by atoms with van der Waals surface area (Å²) in [4.78, 5) is 12.0. The van der Waals surface area contributed by atoms with Crippen LogP contribution < -0.4 is 0 Å². The molecule has 0 fully saturated rings. The van der Waals surface area contributed by atoms with Crippen molar-refractivity contribution in [1.29, 1.82) is 0 Å². The van der Waals surface area contributed by atoms with Crippen LogP contribution in [0.2, 0.25) is 0 Å². The number of ketones is 1. The van der Waals surface area contributed by atoms with Gasteiger partial charge < -0.3 is 10.2 Å². The number of Topliss-reactive ketones (excluding diaryl/α,β-unsaturated/α-hetero) is 1. The highest BCUT2D eigenvalue weighted by Gasteiger charge is 2.16. The molecule has 1 aromatic carbocycles. The molecule has 0 spiro atoms. The van der Waals surface area contributed by atoms with Gasteiger partial charge in [0.1, 0.15) is 5.78 Å². The summed E-state index contributed by atoms with van der Waals surface area (Å²) in [5, 5.41) is 18.0. The minimum Gasteiger partial charge on any atom is -0.394 e. The van der Waals surface area contributed by atoms with Gasteiger partial charge in [-0.1, -0.05) is 45.0 Å². The lowest BCUT2D eigenvalue weighted by molar-refractivity contribution is -0.120. The molecule has 2 atom stereocenters. The van der Waals surface area contributed by atoms with Crippen molar-refractivity contribution >= 4 is 5.78 Å². The van der Waals surface area contributed by atoms with E-state index in [1.807, 2.05) is 19.1 Å². The molecule has 3 nitrogen and oxygen atoms in total. The molecule has 1 aromatic rings. The second kappa shape index (κ2) is 8.18. The third-order valence-corrected chi connectivity index (χ3v) is 3.54. The average molecular weight is 278 g/mol. The van der Waals surface area contributed by atoms with Crippen molar-refractivity contribution in [3.8, 4) is 0 Å². The van der Waals surface area contributed by atoms with Gasteiger partial charge in [-0.3, -0.25) is 4.79 Å². The minimum atomic E-state index is -0.792. The molecule has 2 N–H and O–H groups in total. The highest BCUT2D eigenvalue weighted by Crippen LogP contribution is 2.20. The van der Waals surface area contributed by atoms with Gasteiger partial charge in [0.05, 0.1) is 12.7 Å². The number of aliphatic hydroxyl groups excluding tert-OH is 2. The van der Waals surface area contributed by atoms with Crippen molar-refractivity contribution in [3.63, 3.8) is 0 Å². The predicted molar refractivity (Wildman–Crippen MR) is 80.7 cm³/mol. The Morgan fingerprint density at radius 2 is 1.75 bits per heavy atom. The number of carbonyl (C=O) groups excluding carboxylic acids is 1. The number of hydrogen-bond donors (Lipinski definition) is 2. The van der Waals surface area contributed by atoms with Crippen LogP contribution in [0.4, 0.5) is 0 Å². The Bertz CT molecular complexity index is 409. The lowest BCUT2D eigenvalue weighted by atomic mass is 9.92. The Morgan fingerprint density at radius 1 is 1.15 bits per heavy atom. The lowest BCUT2D eigenvalue weighted by Gasteiger charge is -2.13. The predicted octanol–water partition coefficient (Wildman–Crippen LogP) is 2.69. The van der Waals surface area contributed by atoms with Gasteiger partial charge in [-0.05, 0) is 29.9 Å². The molecule has 0 bridgehead atoms. The number of carbonyl (C=O) groups is 1. The Labute approximate surface area is 121 Å². The third kappa shape index (κ3) is 5.43. The molecule has 0 aliphatic rings. The molecule has 3 heteroatoms. The van der Waals surface area contributed by atoms with Gasteiger partial charge in [0, 0.05) is 12.3 Å². The summed E-state index contributed by atoms with van der Waals surface area (Å²) < 4.78 is 0. The van der Waals surface area contributed by atoms with Gasteiger partial charge in [-0.2, -0.15) is 0 Å². The van der Waals surface area contributed by atoms with E-state index in [-0.39, 0.29) is 18.3 Å². The molecule has 0 radical (unpaired) electrons. The van der Waals surface area contributed by atoms with E-state index in [0.717, 1.165) is 12.0 Å². The highest BCUT2D eigenvalue weighted by atomic mass is 16.3. The molecule has 20 heavy (non-hydrogen) atoms. The van der Waals surface area contributed by atoms with Crippen LogP contribution in [0.15, 0.2) is 24.3 Å². The normalized spacial score (nSPS) is 14.3. The van der Waals surface area contributed by atoms with Crippen LogP contribution >= 0.6 is 0 Å². The summed E-state index contributed by atoms with van der Waals surface area (Å²) in [6.45, 7) is 5.98. The van der Waals surface area contributed by atoms with Crippen LogP contribution in [0.1, 0.15) is 50.7 Å². The quantitative estimate of drug-likeness (QED) is 0.768. The fourth-order valence-corrected chi connectivity index (χ4v) is 2.22. The zero-order valence-corrected chi connectivity index (χ0v) is 12.7. The van der Waals surface area contributed by atoms with Crippen LogP contribution in [0.25, 0.3) is 0 Å². The van der Waals surface area contributed by atoms with Gasteiger partial charge in [0.2, 0.25) is 0 Å². The van der Waals surface area contributed by atoms with Gasteiger partial charge in [-0.15, -0.1) is 0 Å². The maximum absolute atomic E-state index is 12.0. The van der Waals surface area contributed by atoms with E-state index in [9.17, 15) is 9.90 Å². The van der Waals surface area contributed by atoms with Crippen molar-refractivity contribution in [2.45, 2.75) is 52.1 Å². The first-order valence-electron chi connectivity index (χ1n) is 7.34. The molecule has 0 aromatic heterocycles. The molecular weight excluding hydrogens is 252 g/mol. The minimum absolute atomic E-state index is 0.106. The summed E-state index contributed by atoms with van der Waals surface area (Å²) in [6, 6.07) is 8.20. The SMILES string of the molecule is CC(C)Cc1ccc(C(C)C(=O)CCC(O)CO)cc1. The highest BCUT2D eigenvalue weighted by molar-refractivity contribution is 5.85. The van der Waals surface area contributed by atoms with Crippen molar-refractivity contribution in [2.75, 3.05) is 6.61 Å². The molecule has 0 heterocycles. The Hall–Kier alpha value is -1.19. The first kappa shape index (κ1) is 16.9. The van der Waals surface area contributed by atoms with Crippen molar-refractivity contribution < 1.29 is 15.0 Å². The fourth-order valence-electron chi connectivity index (χ4n) is 2.22. The van der Waals surface area contributed by atoms with Gasteiger partial charge in [-0.25, -0.2) is 0 Å². The zero-order valence-electron chi connectivity index (χ0n) is 12.7. The van der Waals surface area contributed by atoms with Crippen molar-refractivity contribution in [1.82, 2.24) is 0 Å². The summed E-state index contributed by atoms with van der Waals surface area (Å²) >= 11 is 0. The number of aliphatic hydroxyl groups is 2. The lowest BCUT2D eigenvalue weighted by Crippen LogP contribution is -2.16. The Morgan fingerprint density at radius 3 is 2.25 bits per heavy atom. The van der Waals surface area contributed by atoms with E-state index in [2.05, 4.69) is 26.0 Å². The smallest absolute Gasteiger partial charge is 0.140 e. The average Bonchev–Trinajstić information content (AvgIpc) is 2.43. The van der Waals surface area contributed by atoms with E-state index in [4.69, 9.17) is 5.11 Å². The monoisotopic (exact) mass is 278 g/mol. The largest absolute Gasteiger partial charge is 0.394 e. The molecule has 0 aliphatic heterocycles. The van der Waals surface area contributed by atoms with Gasteiger partial charge in [0.15, 0.2) is 0 Å². The molecule has 2 unspecified atom stereocenters. The summed E-state index contributed by atoms with van der Waals surface area (Å²) in [7, 11) is 0. The van der Waals surface area contributed by atoms with E-state index >= 15 is 0 Å². The van der Waals surface area contributed by atoms with Crippen LogP contribution in [-0.2, 0) is 11.2 Å².